The van der Waals surface area contributed by atoms with Crippen LogP contribution in [-0.2, 0) is 9.84 Å². The average molecular weight is 333 g/mol. The van der Waals surface area contributed by atoms with E-state index in [2.05, 4.69) is 4.98 Å². The first kappa shape index (κ1) is 14.7. The van der Waals surface area contributed by atoms with Crippen LogP contribution >= 0.6 is 11.3 Å². The number of fused-ring (bicyclic) bond motifs is 1. The maximum atomic E-state index is 11.5. The van der Waals surface area contributed by atoms with Crippen LogP contribution in [-0.4, -0.2) is 30.7 Å². The van der Waals surface area contributed by atoms with Crippen LogP contribution < -0.4 is 0 Å². The van der Waals surface area contributed by atoms with Gasteiger partial charge in [-0.1, -0.05) is 12.1 Å². The highest BCUT2D eigenvalue weighted by molar-refractivity contribution is 7.90. The number of carboxylic acids is 1. The standard InChI is InChI=1S/C15H11NO4S2/c1-22(19,20)10-6-4-9(5-7-10)12-11-3-2-8-16-14(11)21-13(12)15(17)18/h2-8H,1H3,(H,17,18). The third-order valence-corrected chi connectivity index (χ3v) is 5.46. The number of nitrogens with zero attached hydrogens (tertiary/aromatic N) is 1. The van der Waals surface area contributed by atoms with Gasteiger partial charge in [0.2, 0.25) is 0 Å². The first-order valence-corrected chi connectivity index (χ1v) is 9.00. The fraction of sp³-hybridized carbons (Fsp3) is 0.0667. The van der Waals surface area contributed by atoms with Gasteiger partial charge in [0.05, 0.1) is 4.90 Å². The van der Waals surface area contributed by atoms with Gasteiger partial charge in [0, 0.05) is 23.4 Å². The van der Waals surface area contributed by atoms with Crippen molar-refractivity contribution in [3.05, 3.63) is 47.5 Å². The van der Waals surface area contributed by atoms with Gasteiger partial charge in [-0.3, -0.25) is 0 Å². The number of rotatable bonds is 3. The summed E-state index contributed by atoms with van der Waals surface area (Å²) in [7, 11) is -3.28. The molecule has 0 atom stereocenters. The number of hydrogen-bond donors (Lipinski definition) is 1. The molecule has 0 aliphatic rings. The fourth-order valence-corrected chi connectivity index (χ4v) is 3.87. The molecule has 0 aliphatic carbocycles. The normalized spacial score (nSPS) is 11.7. The van der Waals surface area contributed by atoms with Crippen LogP contribution in [0.25, 0.3) is 21.3 Å². The lowest BCUT2D eigenvalue weighted by molar-refractivity contribution is 0.0703. The molecule has 0 aliphatic heterocycles. The molecule has 0 unspecified atom stereocenters. The van der Waals surface area contributed by atoms with Crippen LogP contribution in [0.1, 0.15) is 9.67 Å². The summed E-state index contributed by atoms with van der Waals surface area (Å²) in [5.74, 6) is -1.02. The third kappa shape index (κ3) is 2.49. The summed E-state index contributed by atoms with van der Waals surface area (Å²) in [5, 5.41) is 10.1. The highest BCUT2D eigenvalue weighted by atomic mass is 32.2. The Kier molecular flexibility index (Phi) is 3.46. The van der Waals surface area contributed by atoms with Crippen LogP contribution in [0.4, 0.5) is 0 Å². The molecular weight excluding hydrogens is 322 g/mol. The maximum Gasteiger partial charge on any atom is 0.346 e. The van der Waals surface area contributed by atoms with E-state index < -0.39 is 15.8 Å². The minimum atomic E-state index is -3.28. The van der Waals surface area contributed by atoms with E-state index in [1.165, 1.54) is 12.1 Å². The predicted molar refractivity (Wildman–Crippen MR) is 85.1 cm³/mol. The van der Waals surface area contributed by atoms with E-state index in [1.54, 1.807) is 24.4 Å². The Morgan fingerprint density at radius 2 is 1.86 bits per heavy atom. The molecule has 0 amide bonds. The molecule has 7 heteroatoms. The van der Waals surface area contributed by atoms with Gasteiger partial charge in [0.1, 0.15) is 9.71 Å². The summed E-state index contributed by atoms with van der Waals surface area (Å²) in [6.07, 6.45) is 2.75. The monoisotopic (exact) mass is 333 g/mol. The molecule has 0 spiro atoms. The second-order valence-electron chi connectivity index (χ2n) is 4.76. The van der Waals surface area contributed by atoms with E-state index in [9.17, 15) is 18.3 Å². The highest BCUT2D eigenvalue weighted by Gasteiger charge is 2.20. The largest absolute Gasteiger partial charge is 0.477 e. The lowest BCUT2D eigenvalue weighted by atomic mass is 10.0. The van der Waals surface area contributed by atoms with Gasteiger partial charge in [0.25, 0.3) is 0 Å². The molecule has 2 aromatic heterocycles. The van der Waals surface area contributed by atoms with Gasteiger partial charge >= 0.3 is 5.97 Å². The summed E-state index contributed by atoms with van der Waals surface area (Å²) in [5.41, 5.74) is 1.23. The van der Waals surface area contributed by atoms with Crippen LogP contribution in [0.2, 0.25) is 0 Å². The Balaban J connectivity index is 2.25. The summed E-state index contributed by atoms with van der Waals surface area (Å²) >= 11 is 1.11. The number of aromatic carboxylic acids is 1. The topological polar surface area (TPSA) is 84.3 Å². The van der Waals surface area contributed by atoms with Crippen LogP contribution in [0.5, 0.6) is 0 Å². The van der Waals surface area contributed by atoms with Crippen LogP contribution in [0.15, 0.2) is 47.5 Å². The maximum absolute atomic E-state index is 11.5. The van der Waals surface area contributed by atoms with Crippen molar-refractivity contribution in [2.45, 2.75) is 4.90 Å². The molecule has 112 valence electrons. The predicted octanol–water partition coefficient (Wildman–Crippen LogP) is 3.07. The zero-order chi connectivity index (χ0) is 15.9. The quantitative estimate of drug-likeness (QED) is 0.796. The fourth-order valence-electron chi connectivity index (χ4n) is 2.24. The lowest BCUT2D eigenvalue weighted by Gasteiger charge is -2.04. The molecule has 1 N–H and O–H groups in total. The molecule has 0 saturated heterocycles. The number of carboxylic acid groups (broad SMARTS) is 1. The Bertz CT molecular complexity index is 972. The van der Waals surface area contributed by atoms with E-state index in [4.69, 9.17) is 0 Å². The summed E-state index contributed by atoms with van der Waals surface area (Å²) in [6.45, 7) is 0. The number of thiophene rings is 1. The molecule has 0 fully saturated rings. The molecular formula is C15H11NO4S2. The summed E-state index contributed by atoms with van der Waals surface area (Å²) < 4.78 is 23.0. The van der Waals surface area contributed by atoms with E-state index in [-0.39, 0.29) is 9.77 Å². The third-order valence-electron chi connectivity index (χ3n) is 3.23. The molecule has 0 bridgehead atoms. The summed E-state index contributed by atoms with van der Waals surface area (Å²) in [6, 6.07) is 9.76. The number of benzene rings is 1. The van der Waals surface area contributed by atoms with Crippen LogP contribution in [0, 0.1) is 0 Å². The van der Waals surface area contributed by atoms with Gasteiger partial charge in [-0.25, -0.2) is 18.2 Å². The number of carbonyl (C=O) groups is 1. The minimum Gasteiger partial charge on any atom is -0.477 e. The first-order valence-electron chi connectivity index (χ1n) is 6.29. The molecule has 1 aromatic carbocycles. The van der Waals surface area contributed by atoms with Crippen molar-refractivity contribution in [1.29, 1.82) is 0 Å². The highest BCUT2D eigenvalue weighted by Crippen LogP contribution is 2.37. The number of hydrogen-bond acceptors (Lipinski definition) is 5. The SMILES string of the molecule is CS(=O)(=O)c1ccc(-c2c(C(=O)O)sc3ncccc23)cc1. The molecule has 0 radical (unpaired) electrons. The smallest absolute Gasteiger partial charge is 0.346 e. The van der Waals surface area contributed by atoms with E-state index in [1.807, 2.05) is 6.07 Å². The van der Waals surface area contributed by atoms with Crippen molar-refractivity contribution in [1.82, 2.24) is 4.98 Å². The lowest BCUT2D eigenvalue weighted by Crippen LogP contribution is -1.97. The Labute approximate surface area is 130 Å². The molecule has 3 rings (SSSR count). The van der Waals surface area contributed by atoms with Crippen molar-refractivity contribution in [2.24, 2.45) is 0 Å². The van der Waals surface area contributed by atoms with E-state index in [0.717, 1.165) is 23.0 Å². The summed E-state index contributed by atoms with van der Waals surface area (Å²) in [4.78, 5) is 16.7. The van der Waals surface area contributed by atoms with Gasteiger partial charge in [-0.2, -0.15) is 0 Å². The van der Waals surface area contributed by atoms with Crippen LogP contribution in [0.3, 0.4) is 0 Å². The second-order valence-corrected chi connectivity index (χ2v) is 7.78. The van der Waals surface area contributed by atoms with Gasteiger partial charge in [-0.05, 0) is 29.8 Å². The minimum absolute atomic E-state index is 0.195. The van der Waals surface area contributed by atoms with Crippen molar-refractivity contribution in [3.63, 3.8) is 0 Å². The molecule has 0 saturated carbocycles. The average Bonchev–Trinajstić information content (AvgIpc) is 2.86. The number of sulfone groups is 1. The Hall–Kier alpha value is -2.25. The first-order chi connectivity index (χ1) is 10.4. The van der Waals surface area contributed by atoms with Crippen molar-refractivity contribution in [2.75, 3.05) is 6.26 Å². The molecule has 3 aromatic rings. The second kappa shape index (κ2) is 5.19. The molecule has 22 heavy (non-hydrogen) atoms. The zero-order valence-corrected chi connectivity index (χ0v) is 13.1. The number of aromatic nitrogens is 1. The molecule has 5 nitrogen and oxygen atoms in total. The number of pyridine rings is 1. The van der Waals surface area contributed by atoms with E-state index in [0.29, 0.717) is 16.0 Å². The Morgan fingerprint density at radius 3 is 2.45 bits per heavy atom. The van der Waals surface area contributed by atoms with Gasteiger partial charge in [0.15, 0.2) is 9.84 Å². The van der Waals surface area contributed by atoms with E-state index >= 15 is 0 Å². The van der Waals surface area contributed by atoms with Crippen molar-refractivity contribution in [3.8, 4) is 11.1 Å². The Morgan fingerprint density at radius 1 is 1.18 bits per heavy atom. The van der Waals surface area contributed by atoms with Crippen molar-refractivity contribution < 1.29 is 18.3 Å². The van der Waals surface area contributed by atoms with Crippen molar-refractivity contribution >= 4 is 37.4 Å². The molecule has 2 heterocycles. The van der Waals surface area contributed by atoms with Gasteiger partial charge in [-0.15, -0.1) is 11.3 Å². The zero-order valence-electron chi connectivity index (χ0n) is 11.5. The van der Waals surface area contributed by atoms with Gasteiger partial charge < -0.3 is 5.11 Å².